The summed E-state index contributed by atoms with van der Waals surface area (Å²) in [5.74, 6) is 0.984. The third kappa shape index (κ3) is 5.13. The van der Waals surface area contributed by atoms with Crippen LogP contribution in [0.3, 0.4) is 0 Å². The Hall–Kier alpha value is -4.84. The molecule has 3 aromatic carbocycles. The molecule has 0 aliphatic heterocycles. The third-order valence-corrected chi connectivity index (χ3v) is 5.81. The second-order valence-electron chi connectivity index (χ2n) is 8.55. The Kier molecular flexibility index (Phi) is 6.49. The van der Waals surface area contributed by atoms with Gasteiger partial charge in [0.05, 0.1) is 11.9 Å². The number of benzene rings is 3. The van der Waals surface area contributed by atoms with E-state index in [4.69, 9.17) is 4.98 Å². The third-order valence-electron chi connectivity index (χ3n) is 5.81. The number of nitrogens with one attached hydrogen (secondary N) is 2. The highest BCUT2D eigenvalue weighted by Gasteiger charge is 2.13. The zero-order valence-corrected chi connectivity index (χ0v) is 20.0. The van der Waals surface area contributed by atoms with Crippen molar-refractivity contribution in [2.75, 3.05) is 10.6 Å². The van der Waals surface area contributed by atoms with Crippen LogP contribution in [0.25, 0.3) is 23.0 Å². The predicted octanol–water partition coefficient (Wildman–Crippen LogP) is 6.66. The smallest absolute Gasteiger partial charge is 0.160 e. The molecule has 0 aliphatic carbocycles. The van der Waals surface area contributed by atoms with Crippen LogP contribution in [-0.4, -0.2) is 19.7 Å². The fourth-order valence-electron chi connectivity index (χ4n) is 3.97. The van der Waals surface area contributed by atoms with Crippen LogP contribution >= 0.6 is 0 Å². The van der Waals surface area contributed by atoms with Gasteiger partial charge in [0, 0.05) is 35.1 Å². The molecule has 0 unspecified atom stereocenters. The summed E-state index contributed by atoms with van der Waals surface area (Å²) in [5, 5.41) is 21.7. The van der Waals surface area contributed by atoms with Crippen LogP contribution in [0.2, 0.25) is 0 Å². The zero-order valence-electron chi connectivity index (χ0n) is 20.0. The lowest BCUT2D eigenvalue weighted by molar-refractivity contribution is 0.477. The Balaban J connectivity index is 1.34. The summed E-state index contributed by atoms with van der Waals surface area (Å²) < 4.78 is 1.79. The van der Waals surface area contributed by atoms with Crippen molar-refractivity contribution in [3.63, 3.8) is 0 Å². The minimum absolute atomic E-state index is 0.192. The summed E-state index contributed by atoms with van der Waals surface area (Å²) in [6.45, 7) is 6.68. The molecule has 0 spiro atoms. The van der Waals surface area contributed by atoms with Crippen LogP contribution in [0.4, 0.5) is 11.5 Å². The topological polar surface area (TPSA) is 74.5 Å². The number of hydrogen-bond acceptors (Lipinski definition) is 5. The lowest BCUT2D eigenvalue weighted by Crippen LogP contribution is -2.07. The van der Waals surface area contributed by atoms with E-state index in [-0.39, 0.29) is 5.75 Å². The van der Waals surface area contributed by atoms with Crippen molar-refractivity contribution >= 4 is 23.2 Å². The van der Waals surface area contributed by atoms with Gasteiger partial charge in [-0.25, -0.2) is 4.98 Å². The van der Waals surface area contributed by atoms with Crippen molar-refractivity contribution in [3.8, 4) is 17.0 Å². The second kappa shape index (κ2) is 10.2. The highest BCUT2D eigenvalue weighted by Crippen LogP contribution is 2.30. The van der Waals surface area contributed by atoms with Gasteiger partial charge in [0.25, 0.3) is 0 Å². The van der Waals surface area contributed by atoms with Gasteiger partial charge in [0.2, 0.25) is 0 Å². The summed E-state index contributed by atoms with van der Waals surface area (Å²) in [6, 6.07) is 27.4. The Morgan fingerprint density at radius 1 is 1.00 bits per heavy atom. The van der Waals surface area contributed by atoms with E-state index in [1.54, 1.807) is 22.8 Å². The molecule has 2 aromatic heterocycles. The summed E-state index contributed by atoms with van der Waals surface area (Å²) in [6.07, 6.45) is 5.79. The van der Waals surface area contributed by atoms with Crippen molar-refractivity contribution in [2.45, 2.75) is 13.5 Å². The number of aryl methyl sites for hydroxylation is 1. The van der Waals surface area contributed by atoms with E-state index in [0.717, 1.165) is 39.5 Å². The molecule has 0 saturated carbocycles. The number of phenolic OH excluding ortho intramolecular Hbond substituents is 1. The Morgan fingerprint density at radius 3 is 2.64 bits per heavy atom. The van der Waals surface area contributed by atoms with E-state index in [2.05, 4.69) is 46.6 Å². The van der Waals surface area contributed by atoms with E-state index >= 15 is 0 Å². The van der Waals surface area contributed by atoms with Crippen molar-refractivity contribution in [2.24, 2.45) is 0 Å². The predicted molar refractivity (Wildman–Crippen MR) is 147 cm³/mol. The van der Waals surface area contributed by atoms with Crippen LogP contribution in [0.5, 0.6) is 5.75 Å². The monoisotopic (exact) mass is 473 g/mol. The maximum absolute atomic E-state index is 10.4. The molecule has 0 fully saturated rings. The molecular formula is C30H27N5O. The first kappa shape index (κ1) is 22.9. The standard InChI is InChI=1S/C30H27N5O/c1-21-19-32-35-29(18-27(34-30(21)35)26-13-6-7-14-28(26)36)31-20-24-11-8-12-25(17-24)33-22(2)15-16-23-9-4-3-5-10-23/h3-19,31,33,36H,2,20H2,1H3/b16-15+. The second-order valence-corrected chi connectivity index (χ2v) is 8.55. The van der Waals surface area contributed by atoms with Gasteiger partial charge in [-0.3, -0.25) is 0 Å². The molecule has 0 aliphatic rings. The summed E-state index contributed by atoms with van der Waals surface area (Å²) >= 11 is 0. The van der Waals surface area contributed by atoms with Gasteiger partial charge in [0.15, 0.2) is 5.65 Å². The molecule has 0 radical (unpaired) electrons. The maximum Gasteiger partial charge on any atom is 0.160 e. The van der Waals surface area contributed by atoms with Crippen LogP contribution < -0.4 is 10.6 Å². The number of fused-ring (bicyclic) bond motifs is 1. The normalized spacial score (nSPS) is 11.1. The number of para-hydroxylation sites is 1. The van der Waals surface area contributed by atoms with Crippen LogP contribution in [-0.2, 0) is 6.54 Å². The highest BCUT2D eigenvalue weighted by atomic mass is 16.3. The molecular weight excluding hydrogens is 446 g/mol. The SMILES string of the molecule is C=C(/C=C/c1ccccc1)Nc1cccc(CNc2cc(-c3ccccc3O)nc3c(C)cnn23)c1. The number of hydrogen-bond donors (Lipinski definition) is 3. The first-order valence-electron chi connectivity index (χ1n) is 11.7. The van der Waals surface area contributed by atoms with Gasteiger partial charge in [-0.15, -0.1) is 0 Å². The van der Waals surface area contributed by atoms with Crippen LogP contribution in [0, 0.1) is 6.92 Å². The lowest BCUT2D eigenvalue weighted by Gasteiger charge is -2.13. The Bertz CT molecular complexity index is 1550. The average molecular weight is 474 g/mol. The molecule has 6 nitrogen and oxygen atoms in total. The molecule has 5 aromatic rings. The quantitative estimate of drug-likeness (QED) is 0.220. The van der Waals surface area contributed by atoms with Crippen molar-refractivity contribution in [3.05, 3.63) is 126 Å². The number of rotatable bonds is 8. The van der Waals surface area contributed by atoms with E-state index < -0.39 is 0 Å². The molecule has 3 N–H and O–H groups in total. The van der Waals surface area contributed by atoms with Gasteiger partial charge in [-0.05, 0) is 48.4 Å². The zero-order chi connectivity index (χ0) is 24.9. The van der Waals surface area contributed by atoms with Gasteiger partial charge >= 0.3 is 0 Å². The molecule has 178 valence electrons. The molecule has 6 heteroatoms. The minimum atomic E-state index is 0.192. The van der Waals surface area contributed by atoms with E-state index in [1.807, 2.05) is 67.6 Å². The van der Waals surface area contributed by atoms with Gasteiger partial charge in [-0.1, -0.05) is 67.3 Å². The maximum atomic E-state index is 10.4. The molecule has 0 atom stereocenters. The summed E-state index contributed by atoms with van der Waals surface area (Å²) in [7, 11) is 0. The number of aromatic hydroxyl groups is 1. The number of nitrogens with zero attached hydrogens (tertiary/aromatic N) is 3. The largest absolute Gasteiger partial charge is 0.507 e. The van der Waals surface area contributed by atoms with Gasteiger partial charge < -0.3 is 15.7 Å². The van der Waals surface area contributed by atoms with Crippen LogP contribution in [0.1, 0.15) is 16.7 Å². The molecule has 5 rings (SSSR count). The fourth-order valence-corrected chi connectivity index (χ4v) is 3.97. The number of anilines is 2. The summed E-state index contributed by atoms with van der Waals surface area (Å²) in [5.41, 5.74) is 7.05. The minimum Gasteiger partial charge on any atom is -0.507 e. The molecule has 2 heterocycles. The molecule has 0 saturated heterocycles. The fraction of sp³-hybridized carbons (Fsp3) is 0.0667. The number of allylic oxidation sites excluding steroid dienone is 1. The van der Waals surface area contributed by atoms with Gasteiger partial charge in [-0.2, -0.15) is 9.61 Å². The lowest BCUT2D eigenvalue weighted by atomic mass is 10.1. The highest BCUT2D eigenvalue weighted by molar-refractivity contribution is 5.72. The van der Waals surface area contributed by atoms with E-state index in [0.29, 0.717) is 17.8 Å². The Morgan fingerprint density at radius 2 is 1.81 bits per heavy atom. The summed E-state index contributed by atoms with van der Waals surface area (Å²) in [4.78, 5) is 4.74. The molecule has 36 heavy (non-hydrogen) atoms. The van der Waals surface area contributed by atoms with Gasteiger partial charge in [0.1, 0.15) is 11.6 Å². The molecule has 0 bridgehead atoms. The Labute approximate surface area is 210 Å². The van der Waals surface area contributed by atoms with E-state index in [9.17, 15) is 5.11 Å². The van der Waals surface area contributed by atoms with Crippen molar-refractivity contribution < 1.29 is 5.11 Å². The number of aromatic nitrogens is 3. The number of phenols is 1. The van der Waals surface area contributed by atoms with Crippen LogP contribution in [0.15, 0.2) is 109 Å². The van der Waals surface area contributed by atoms with Crippen molar-refractivity contribution in [1.29, 1.82) is 0 Å². The molecule has 0 amide bonds. The van der Waals surface area contributed by atoms with Crippen molar-refractivity contribution in [1.82, 2.24) is 14.6 Å². The van der Waals surface area contributed by atoms with E-state index in [1.165, 1.54) is 0 Å². The first-order chi connectivity index (χ1) is 17.6. The average Bonchev–Trinajstić information content (AvgIpc) is 3.28. The first-order valence-corrected chi connectivity index (χ1v) is 11.7.